The molecular weight excluding hydrogens is 589 g/mol. The van der Waals surface area contributed by atoms with Crippen LogP contribution in [0.2, 0.25) is 25.1 Å². The van der Waals surface area contributed by atoms with Gasteiger partial charge >= 0.3 is 6.18 Å². The summed E-state index contributed by atoms with van der Waals surface area (Å²) in [6.45, 7) is 0.322. The first-order chi connectivity index (χ1) is 17.0. The number of carbonyl (C=O) groups excluding carboxylic acids is 1. The first-order valence-electron chi connectivity index (χ1n) is 10.6. The minimum absolute atomic E-state index is 0.00486. The van der Waals surface area contributed by atoms with Crippen molar-refractivity contribution in [3.63, 3.8) is 0 Å². The van der Waals surface area contributed by atoms with Crippen LogP contribution in [0.25, 0.3) is 0 Å². The Morgan fingerprint density at radius 1 is 1.08 bits per heavy atom. The molecule has 194 valence electrons. The van der Waals surface area contributed by atoms with Crippen LogP contribution in [0.3, 0.4) is 0 Å². The van der Waals surface area contributed by atoms with E-state index in [1.54, 1.807) is 0 Å². The van der Waals surface area contributed by atoms with E-state index in [1.807, 2.05) is 0 Å². The molecule has 3 aromatic rings. The topological polar surface area (TPSA) is 69.3 Å². The van der Waals surface area contributed by atoms with Gasteiger partial charge in [0.15, 0.2) is 17.2 Å². The van der Waals surface area contributed by atoms with E-state index in [0.29, 0.717) is 17.9 Å². The summed E-state index contributed by atoms with van der Waals surface area (Å²) >= 11 is 30.2. The fourth-order valence-corrected chi connectivity index (χ4v) is 4.64. The third kappa shape index (κ3) is 6.02. The molecular formula is C22H17Cl5F3N3O3. The van der Waals surface area contributed by atoms with Crippen molar-refractivity contribution >= 4 is 63.9 Å². The normalized spacial score (nSPS) is 13.8. The summed E-state index contributed by atoms with van der Waals surface area (Å²) in [7, 11) is 0. The van der Waals surface area contributed by atoms with Crippen LogP contribution in [-0.2, 0) is 19.3 Å². The zero-order chi connectivity index (χ0) is 26.2. The molecule has 1 amide bonds. The molecule has 6 nitrogen and oxygen atoms in total. The monoisotopic (exact) mass is 603 g/mol. The Balaban J connectivity index is 1.30. The number of amides is 1. The van der Waals surface area contributed by atoms with Gasteiger partial charge in [-0.2, -0.15) is 18.3 Å². The lowest BCUT2D eigenvalue weighted by Crippen LogP contribution is -2.25. The van der Waals surface area contributed by atoms with E-state index >= 15 is 0 Å². The lowest BCUT2D eigenvalue weighted by molar-refractivity contribution is -0.141. The summed E-state index contributed by atoms with van der Waals surface area (Å²) in [4.78, 5) is 12.4. The third-order valence-corrected chi connectivity index (χ3v) is 7.59. The van der Waals surface area contributed by atoms with E-state index in [0.717, 1.165) is 18.9 Å². The average Bonchev–Trinajstić information content (AvgIpc) is 3.39. The van der Waals surface area contributed by atoms with Crippen LogP contribution in [0.4, 0.5) is 13.2 Å². The van der Waals surface area contributed by atoms with Crippen molar-refractivity contribution in [2.45, 2.75) is 44.5 Å². The number of aryl methyl sites for hydroxylation is 1. The number of nitrogens with one attached hydrogen (secondary N) is 1. The number of benzene rings is 1. The molecule has 36 heavy (non-hydrogen) atoms. The average molecular weight is 606 g/mol. The molecule has 4 rings (SSSR count). The first-order valence-corrected chi connectivity index (χ1v) is 12.5. The standard InChI is InChI=1S/C22H17Cl5F3N3O3/c23-15-16(24)18(26)20(19(27)17(15)25)35-9-11-4-5-13(36-11)21(34)31-6-1-7-33-12(10-2-3-10)8-14(32-33)22(28,29)30/h4-5,8,10H,1-3,6-7,9H2,(H,31,34). The van der Waals surface area contributed by atoms with Gasteiger partial charge in [0.1, 0.15) is 22.4 Å². The summed E-state index contributed by atoms with van der Waals surface area (Å²) in [5.41, 5.74) is -0.322. The molecule has 0 atom stereocenters. The zero-order valence-corrected chi connectivity index (χ0v) is 22.0. The number of alkyl halides is 3. The molecule has 1 saturated carbocycles. The van der Waals surface area contributed by atoms with Crippen molar-refractivity contribution in [2.75, 3.05) is 6.54 Å². The first kappa shape index (κ1) is 27.3. The summed E-state index contributed by atoms with van der Waals surface area (Å²) in [6, 6.07) is 4.09. The molecule has 1 N–H and O–H groups in total. The number of ether oxygens (including phenoxy) is 1. The van der Waals surface area contributed by atoms with Crippen molar-refractivity contribution in [1.82, 2.24) is 15.1 Å². The highest BCUT2D eigenvalue weighted by atomic mass is 35.5. The fourth-order valence-electron chi connectivity index (χ4n) is 3.41. The number of carbonyl (C=O) groups is 1. The maximum Gasteiger partial charge on any atom is 0.435 e. The largest absolute Gasteiger partial charge is 0.482 e. The second-order valence-corrected chi connectivity index (χ2v) is 9.90. The van der Waals surface area contributed by atoms with Crippen LogP contribution in [0.15, 0.2) is 22.6 Å². The molecule has 0 saturated heterocycles. The Bertz CT molecular complexity index is 1260. The minimum Gasteiger partial charge on any atom is -0.482 e. The Kier molecular flexibility index (Phi) is 8.26. The summed E-state index contributed by atoms with van der Waals surface area (Å²) < 4.78 is 51.5. The highest BCUT2D eigenvalue weighted by molar-refractivity contribution is 6.55. The number of aromatic nitrogens is 2. The van der Waals surface area contributed by atoms with E-state index in [2.05, 4.69) is 10.4 Å². The van der Waals surface area contributed by atoms with Crippen LogP contribution in [0, 0.1) is 0 Å². The van der Waals surface area contributed by atoms with Crippen molar-refractivity contribution in [2.24, 2.45) is 0 Å². The maximum absolute atomic E-state index is 13.0. The lowest BCUT2D eigenvalue weighted by Gasteiger charge is -2.12. The summed E-state index contributed by atoms with van der Waals surface area (Å²) in [5, 5.41) is 6.28. The van der Waals surface area contributed by atoms with Gasteiger partial charge in [-0.25, -0.2) is 0 Å². The smallest absolute Gasteiger partial charge is 0.435 e. The molecule has 0 aliphatic heterocycles. The van der Waals surface area contributed by atoms with Gasteiger partial charge in [-0.15, -0.1) is 0 Å². The Morgan fingerprint density at radius 3 is 2.33 bits per heavy atom. The molecule has 1 fully saturated rings. The highest BCUT2D eigenvalue weighted by Crippen LogP contribution is 2.48. The molecule has 14 heteroatoms. The second kappa shape index (κ2) is 10.9. The summed E-state index contributed by atoms with van der Waals surface area (Å²) in [5.74, 6) is -0.0572. The lowest BCUT2D eigenvalue weighted by atomic mass is 10.2. The number of halogens is 8. The van der Waals surface area contributed by atoms with Crippen molar-refractivity contribution < 1.29 is 27.1 Å². The van der Waals surface area contributed by atoms with Gasteiger partial charge in [0.25, 0.3) is 5.91 Å². The van der Waals surface area contributed by atoms with Gasteiger partial charge in [0.2, 0.25) is 0 Å². The number of rotatable bonds is 9. The predicted molar refractivity (Wildman–Crippen MR) is 131 cm³/mol. The SMILES string of the molecule is O=C(NCCCn1nc(C(F)(F)F)cc1C1CC1)c1ccc(COc2c(Cl)c(Cl)c(Cl)c(Cl)c2Cl)o1. The van der Waals surface area contributed by atoms with E-state index in [4.69, 9.17) is 67.2 Å². The van der Waals surface area contributed by atoms with E-state index in [9.17, 15) is 18.0 Å². The van der Waals surface area contributed by atoms with Crippen molar-refractivity contribution in [3.8, 4) is 5.75 Å². The molecule has 1 aromatic carbocycles. The van der Waals surface area contributed by atoms with Crippen molar-refractivity contribution in [1.29, 1.82) is 0 Å². The molecule has 0 radical (unpaired) electrons. The number of furan rings is 1. The molecule has 0 unspecified atom stereocenters. The van der Waals surface area contributed by atoms with Crippen LogP contribution in [0.1, 0.15) is 52.9 Å². The van der Waals surface area contributed by atoms with E-state index in [1.165, 1.54) is 16.8 Å². The Morgan fingerprint density at radius 2 is 1.72 bits per heavy atom. The van der Waals surface area contributed by atoms with E-state index < -0.39 is 17.8 Å². The van der Waals surface area contributed by atoms with Gasteiger partial charge in [0.05, 0.1) is 15.1 Å². The Labute approximate surface area is 228 Å². The van der Waals surface area contributed by atoms with Crippen LogP contribution in [0.5, 0.6) is 5.75 Å². The van der Waals surface area contributed by atoms with E-state index in [-0.39, 0.29) is 62.2 Å². The quantitative estimate of drug-likeness (QED) is 0.152. The predicted octanol–water partition coefficient (Wildman–Crippen LogP) is 8.04. The second-order valence-electron chi connectivity index (χ2n) is 8.01. The Hall–Kier alpha value is -1.78. The maximum atomic E-state index is 13.0. The molecule has 0 spiro atoms. The molecule has 1 aliphatic rings. The number of hydrogen-bond donors (Lipinski definition) is 1. The van der Waals surface area contributed by atoms with Crippen molar-refractivity contribution in [3.05, 3.63) is 66.2 Å². The zero-order valence-electron chi connectivity index (χ0n) is 18.2. The van der Waals surface area contributed by atoms with Gasteiger partial charge in [-0.05, 0) is 37.5 Å². The molecule has 0 bridgehead atoms. The highest BCUT2D eigenvalue weighted by Gasteiger charge is 2.37. The molecule has 2 heterocycles. The van der Waals surface area contributed by atoms with Crippen LogP contribution >= 0.6 is 58.0 Å². The minimum atomic E-state index is -4.49. The van der Waals surface area contributed by atoms with Gasteiger partial charge in [-0.3, -0.25) is 9.48 Å². The van der Waals surface area contributed by atoms with Crippen LogP contribution in [-0.4, -0.2) is 22.2 Å². The summed E-state index contributed by atoms with van der Waals surface area (Å²) in [6.07, 6.45) is -2.41. The third-order valence-electron chi connectivity index (χ3n) is 5.34. The van der Waals surface area contributed by atoms with Gasteiger partial charge in [-0.1, -0.05) is 58.0 Å². The number of nitrogens with zero attached hydrogens (tertiary/aromatic N) is 2. The fraction of sp³-hybridized carbons (Fsp3) is 0.364. The van der Waals surface area contributed by atoms with Crippen LogP contribution < -0.4 is 10.1 Å². The number of hydrogen-bond acceptors (Lipinski definition) is 4. The molecule has 1 aliphatic carbocycles. The van der Waals surface area contributed by atoms with Gasteiger partial charge < -0.3 is 14.5 Å². The molecule has 2 aromatic heterocycles. The van der Waals surface area contributed by atoms with Gasteiger partial charge in [0, 0.05) is 24.7 Å².